The first-order valence-electron chi connectivity index (χ1n) is 32.4. The van der Waals surface area contributed by atoms with E-state index in [1.165, 1.54) is 33.5 Å². The van der Waals surface area contributed by atoms with E-state index in [1.807, 2.05) is 42.5 Å². The average molecular weight is 1260 g/mol. The minimum absolute atomic E-state index is 0.0187. The molecule has 1 aliphatic carbocycles. The van der Waals surface area contributed by atoms with E-state index in [4.69, 9.17) is 14.1 Å². The van der Waals surface area contributed by atoms with Crippen molar-refractivity contribution in [3.05, 3.63) is 249 Å². The third kappa shape index (κ3) is 11.1. The lowest BCUT2D eigenvalue weighted by molar-refractivity contribution is -0.143. The fraction of sp³-hybridized carbons (Fsp3) is 0.241. The molecular formula is C79H66F6N6O3. The first-order chi connectivity index (χ1) is 45.6. The van der Waals surface area contributed by atoms with Crippen LogP contribution in [0.2, 0.25) is 0 Å². The third-order valence-corrected chi connectivity index (χ3v) is 19.6. The van der Waals surface area contributed by atoms with E-state index in [9.17, 15) is 31.1 Å². The van der Waals surface area contributed by atoms with E-state index in [0.717, 1.165) is 131 Å². The molecule has 0 fully saturated rings. The van der Waals surface area contributed by atoms with Crippen LogP contribution in [0.1, 0.15) is 115 Å². The van der Waals surface area contributed by atoms with Crippen LogP contribution in [-0.4, -0.2) is 32.8 Å². The molecule has 1 aromatic heterocycles. The van der Waals surface area contributed by atoms with Gasteiger partial charge >= 0.3 is 12.4 Å². The number of hydrogen-bond donors (Lipinski definition) is 0. The summed E-state index contributed by atoms with van der Waals surface area (Å²) in [6.07, 6.45) is -3.42. The van der Waals surface area contributed by atoms with Crippen LogP contribution in [-0.2, 0) is 38.3 Å². The Hall–Kier alpha value is -10.0. The normalized spacial score (nSPS) is 14.7. The number of alkyl halides is 6. The molecule has 0 bridgehead atoms. The average Bonchev–Trinajstić information content (AvgIpc) is 0.986. The molecular weight excluding hydrogens is 1190 g/mol. The molecule has 0 radical (unpaired) electrons. The summed E-state index contributed by atoms with van der Waals surface area (Å²) in [5.41, 5.74) is 17.0. The van der Waals surface area contributed by atoms with Crippen LogP contribution in [0.15, 0.2) is 203 Å². The standard InChI is InChI=1S/C79H66F6N6O3/c1-4-49(51-30-32-59(33-31-51)91-69-20-10-8-17-63(69)61-15-6-7-16-62(61)64-18-9-11-21-70(64)91)39-55(52-26-28-53(29-27-52)76-87-88-77(94-76)56-40-57(78(80,81)82)43-58(41-56)79(83,84)85)38-47(3)50-24-22-48(23-25-50)46-93-60-34-35-65-67(44-60)73-71(45-72(65)92)90(5-2)75-66-19-13-37-89-36-12-14-54(74(66)89)42-68(75)86-73/h6-11,15-18,20-35,40-45,47,49,55H,4-5,12-14,19,36-39,46H2,1-3H3. The van der Waals surface area contributed by atoms with Crippen LogP contribution in [0.25, 0.3) is 78.4 Å². The van der Waals surface area contributed by atoms with Gasteiger partial charge in [-0.15, -0.1) is 10.2 Å². The maximum Gasteiger partial charge on any atom is 0.416 e. The molecule has 472 valence electrons. The Labute approximate surface area is 540 Å². The van der Waals surface area contributed by atoms with Gasteiger partial charge < -0.3 is 23.5 Å². The highest BCUT2D eigenvalue weighted by atomic mass is 19.4. The molecule has 9 nitrogen and oxygen atoms in total. The maximum atomic E-state index is 13.9. The van der Waals surface area contributed by atoms with Gasteiger partial charge in [0.15, 0.2) is 5.43 Å². The molecule has 3 unspecified atom stereocenters. The molecule has 4 aliphatic heterocycles. The van der Waals surface area contributed by atoms with Gasteiger partial charge in [-0.25, -0.2) is 4.98 Å². The Morgan fingerprint density at radius 2 is 1.18 bits per heavy atom. The molecule has 0 N–H and O–H groups in total. The Morgan fingerprint density at radius 3 is 1.82 bits per heavy atom. The molecule has 94 heavy (non-hydrogen) atoms. The van der Waals surface area contributed by atoms with Crippen molar-refractivity contribution in [1.82, 2.24) is 19.7 Å². The number of aryl methyl sites for hydroxylation is 3. The van der Waals surface area contributed by atoms with Gasteiger partial charge in [0.05, 0.1) is 44.9 Å². The van der Waals surface area contributed by atoms with Crippen molar-refractivity contribution in [3.8, 4) is 62.3 Å². The van der Waals surface area contributed by atoms with E-state index in [0.29, 0.717) is 42.0 Å². The number of nitrogens with zero attached hydrogens (tertiary/aromatic N) is 6. The summed E-state index contributed by atoms with van der Waals surface area (Å²) in [7, 11) is 0. The Morgan fingerprint density at radius 1 is 0.585 bits per heavy atom. The van der Waals surface area contributed by atoms with Gasteiger partial charge in [-0.1, -0.05) is 123 Å². The summed E-state index contributed by atoms with van der Waals surface area (Å²) < 4.78 is 97.7. The SMILES string of the molecule is CCC(CC(CC(C)c1ccc(COc2ccc3c(=O)cc4n(CC)c5c6c7c(cc5nc-4c3c2)CCCN7CCC6)cc1)c1ccc(-c2nnc(-c3cc(C(F)(F)F)cc(C(F)(F)F)c3)o2)cc1)c1ccc(N2c3ccccc3-c3ccccc3-c3ccccc32)cc1. The number of halogens is 6. The van der Waals surface area contributed by atoms with Crippen molar-refractivity contribution >= 4 is 44.6 Å². The van der Waals surface area contributed by atoms with Gasteiger partial charge in [-0.05, 0) is 187 Å². The van der Waals surface area contributed by atoms with Gasteiger partial charge in [0.25, 0.3) is 0 Å². The number of benzene rings is 10. The molecule has 5 heterocycles. The monoisotopic (exact) mass is 1260 g/mol. The summed E-state index contributed by atoms with van der Waals surface area (Å²) in [4.78, 5) is 24.2. The topological polar surface area (TPSA) is 89.5 Å². The quantitative estimate of drug-likeness (QED) is 0.0570. The summed E-state index contributed by atoms with van der Waals surface area (Å²) >= 11 is 0. The lowest BCUT2D eigenvalue weighted by atomic mass is 9.78. The molecule has 5 aliphatic rings. The molecule has 0 saturated heterocycles. The minimum Gasteiger partial charge on any atom is -0.489 e. The molecule has 9 aromatic carbocycles. The molecule has 3 atom stereocenters. The molecule has 0 spiro atoms. The van der Waals surface area contributed by atoms with Gasteiger partial charge in [-0.3, -0.25) is 4.79 Å². The molecule has 10 aromatic rings. The van der Waals surface area contributed by atoms with E-state index >= 15 is 0 Å². The maximum absolute atomic E-state index is 13.9. The summed E-state index contributed by atoms with van der Waals surface area (Å²) in [5, 5.41) is 9.37. The van der Waals surface area contributed by atoms with Gasteiger partial charge in [0, 0.05) is 75.7 Å². The number of fused-ring (bicyclic) bond motifs is 10. The second-order valence-corrected chi connectivity index (χ2v) is 25.3. The zero-order valence-corrected chi connectivity index (χ0v) is 52.2. The lowest BCUT2D eigenvalue weighted by Gasteiger charge is -2.38. The summed E-state index contributed by atoms with van der Waals surface area (Å²) in [6, 6.07) is 61.7. The zero-order valence-electron chi connectivity index (χ0n) is 52.2. The number of anilines is 4. The third-order valence-electron chi connectivity index (χ3n) is 19.6. The minimum atomic E-state index is -5.05. The predicted molar refractivity (Wildman–Crippen MR) is 360 cm³/mol. The lowest BCUT2D eigenvalue weighted by Crippen LogP contribution is -2.35. The van der Waals surface area contributed by atoms with E-state index in [1.54, 1.807) is 6.07 Å². The van der Waals surface area contributed by atoms with Crippen LogP contribution in [0, 0.1) is 0 Å². The molecule has 0 amide bonds. The zero-order chi connectivity index (χ0) is 64.6. The smallest absolute Gasteiger partial charge is 0.416 e. The highest BCUT2D eigenvalue weighted by Crippen LogP contribution is 2.52. The van der Waals surface area contributed by atoms with Gasteiger partial charge in [0.2, 0.25) is 11.8 Å². The van der Waals surface area contributed by atoms with Crippen LogP contribution in [0.4, 0.5) is 49.1 Å². The van der Waals surface area contributed by atoms with Crippen LogP contribution in [0.5, 0.6) is 5.75 Å². The van der Waals surface area contributed by atoms with Gasteiger partial charge in [-0.2, -0.15) is 26.3 Å². The van der Waals surface area contributed by atoms with E-state index < -0.39 is 34.9 Å². The number of ether oxygens (including phenoxy) is 1. The Balaban J connectivity index is 0.707. The number of hydrogen-bond acceptors (Lipinski definition) is 8. The van der Waals surface area contributed by atoms with Crippen molar-refractivity contribution in [2.75, 3.05) is 22.9 Å². The second-order valence-electron chi connectivity index (χ2n) is 25.3. The summed E-state index contributed by atoms with van der Waals surface area (Å²) in [6.45, 7) is 9.75. The van der Waals surface area contributed by atoms with E-state index in [2.05, 4.69) is 173 Å². The highest BCUT2D eigenvalue weighted by Gasteiger charge is 2.38. The van der Waals surface area contributed by atoms with Gasteiger partial charge in [0.1, 0.15) is 12.4 Å². The van der Waals surface area contributed by atoms with Crippen LogP contribution in [0.3, 0.4) is 0 Å². The van der Waals surface area contributed by atoms with Crippen LogP contribution >= 0.6 is 0 Å². The Bertz CT molecular complexity index is 4780. The fourth-order valence-corrected chi connectivity index (χ4v) is 14.9. The summed E-state index contributed by atoms with van der Waals surface area (Å²) in [5.74, 6) is 0.376. The van der Waals surface area contributed by atoms with Crippen molar-refractivity contribution in [3.63, 3.8) is 0 Å². The van der Waals surface area contributed by atoms with Crippen LogP contribution < -0.4 is 20.0 Å². The number of aromatic nitrogens is 4. The Kier molecular flexibility index (Phi) is 15.5. The van der Waals surface area contributed by atoms with Crippen molar-refractivity contribution in [2.24, 2.45) is 0 Å². The number of para-hydroxylation sites is 2. The molecule has 15 rings (SSSR count). The molecule has 0 saturated carbocycles. The second kappa shape index (κ2) is 24.1. The first-order valence-corrected chi connectivity index (χ1v) is 32.4. The van der Waals surface area contributed by atoms with Crippen molar-refractivity contribution in [1.29, 1.82) is 0 Å². The largest absolute Gasteiger partial charge is 0.489 e. The van der Waals surface area contributed by atoms with E-state index in [-0.39, 0.29) is 35.1 Å². The van der Waals surface area contributed by atoms with Crippen molar-refractivity contribution < 1.29 is 35.5 Å². The number of rotatable bonds is 15. The fourth-order valence-electron chi connectivity index (χ4n) is 14.9. The van der Waals surface area contributed by atoms with Crippen molar-refractivity contribution in [2.45, 2.75) is 109 Å². The first kappa shape index (κ1) is 60.2. The highest BCUT2D eigenvalue weighted by molar-refractivity contribution is 6.03. The molecule has 15 heteroatoms. The predicted octanol–water partition coefficient (Wildman–Crippen LogP) is 20.7.